The van der Waals surface area contributed by atoms with E-state index in [0.29, 0.717) is 0 Å². The third kappa shape index (κ3) is 25.7. The predicted octanol–water partition coefficient (Wildman–Crippen LogP) is 9.02. The molecule has 0 rings (SSSR count). The van der Waals surface area contributed by atoms with Gasteiger partial charge in [0.2, 0.25) is 0 Å². The molecular formula is C30H60N2. The van der Waals surface area contributed by atoms with Crippen molar-refractivity contribution in [1.82, 2.24) is 9.80 Å². The number of hydrogen-bond donors (Lipinski definition) is 0. The summed E-state index contributed by atoms with van der Waals surface area (Å²) in [4.78, 5) is 4.85. The molecule has 0 fully saturated rings. The van der Waals surface area contributed by atoms with E-state index in [1.807, 2.05) is 0 Å². The van der Waals surface area contributed by atoms with Gasteiger partial charge in [0, 0.05) is 6.54 Å². The molecule has 0 aliphatic heterocycles. The lowest BCUT2D eigenvalue weighted by molar-refractivity contribution is 0.271. The first kappa shape index (κ1) is 31.4. The van der Waals surface area contributed by atoms with E-state index in [4.69, 9.17) is 0 Å². The standard InChI is InChI=1S/C30H60N2/c1-5-7-8-9-10-11-12-13-14-15-16-17-18-19-20-21-22-23-24-25-29-32(27-6-2)30-26-28-31(3)4/h6,13-14H,2,5,7-12,15-30H2,1,3-4H3/b14-13-. The third-order valence-corrected chi connectivity index (χ3v) is 6.45. The van der Waals surface area contributed by atoms with Gasteiger partial charge < -0.3 is 4.90 Å². The topological polar surface area (TPSA) is 6.48 Å². The van der Waals surface area contributed by atoms with Crippen LogP contribution in [-0.4, -0.2) is 50.1 Å². The molecule has 0 radical (unpaired) electrons. The van der Waals surface area contributed by atoms with E-state index in [9.17, 15) is 0 Å². The fraction of sp³-hybridized carbons (Fsp3) is 0.867. The van der Waals surface area contributed by atoms with Gasteiger partial charge in [0.05, 0.1) is 0 Å². The van der Waals surface area contributed by atoms with E-state index in [0.717, 1.165) is 6.54 Å². The molecule has 0 saturated heterocycles. The minimum absolute atomic E-state index is 1.04. The van der Waals surface area contributed by atoms with E-state index in [2.05, 4.69) is 55.6 Å². The molecule has 0 heterocycles. The van der Waals surface area contributed by atoms with E-state index >= 15 is 0 Å². The molecule has 2 nitrogen and oxygen atoms in total. The smallest absolute Gasteiger partial charge is 0.0160 e. The van der Waals surface area contributed by atoms with Crippen LogP contribution in [0.4, 0.5) is 0 Å². The van der Waals surface area contributed by atoms with E-state index in [-0.39, 0.29) is 0 Å². The van der Waals surface area contributed by atoms with Crippen molar-refractivity contribution in [1.29, 1.82) is 0 Å². The number of allylic oxidation sites excluding steroid dienone is 2. The number of nitrogens with zero attached hydrogens (tertiary/aromatic N) is 2. The summed E-state index contributed by atoms with van der Waals surface area (Å²) in [5.41, 5.74) is 0. The number of unbranched alkanes of at least 4 members (excludes halogenated alkanes) is 16. The van der Waals surface area contributed by atoms with Gasteiger partial charge in [-0.3, -0.25) is 4.90 Å². The van der Waals surface area contributed by atoms with Crippen molar-refractivity contribution < 1.29 is 0 Å². The molecular weight excluding hydrogens is 388 g/mol. The van der Waals surface area contributed by atoms with Gasteiger partial charge in [0.1, 0.15) is 0 Å². The van der Waals surface area contributed by atoms with E-state index in [1.54, 1.807) is 0 Å². The second kappa shape index (κ2) is 26.7. The molecule has 0 atom stereocenters. The van der Waals surface area contributed by atoms with Gasteiger partial charge in [0.25, 0.3) is 0 Å². The summed E-state index contributed by atoms with van der Waals surface area (Å²) in [6, 6.07) is 0. The van der Waals surface area contributed by atoms with Crippen LogP contribution >= 0.6 is 0 Å². The fourth-order valence-electron chi connectivity index (χ4n) is 4.38. The monoisotopic (exact) mass is 448 g/mol. The average molecular weight is 449 g/mol. The Morgan fingerprint density at radius 2 is 0.969 bits per heavy atom. The molecule has 0 unspecified atom stereocenters. The Kier molecular flexibility index (Phi) is 26.2. The van der Waals surface area contributed by atoms with Crippen LogP contribution in [0.15, 0.2) is 24.8 Å². The zero-order valence-corrected chi connectivity index (χ0v) is 22.6. The van der Waals surface area contributed by atoms with Crippen LogP contribution in [0.1, 0.15) is 129 Å². The first-order valence-electron chi connectivity index (χ1n) is 14.3. The summed E-state index contributed by atoms with van der Waals surface area (Å²) < 4.78 is 0. The Morgan fingerprint density at radius 1 is 0.531 bits per heavy atom. The lowest BCUT2D eigenvalue weighted by atomic mass is 10.1. The first-order chi connectivity index (χ1) is 15.7. The quantitative estimate of drug-likeness (QED) is 0.0961. The maximum absolute atomic E-state index is 3.92. The van der Waals surface area contributed by atoms with Gasteiger partial charge in [-0.05, 0) is 72.3 Å². The van der Waals surface area contributed by atoms with Crippen LogP contribution in [-0.2, 0) is 0 Å². The van der Waals surface area contributed by atoms with Crippen molar-refractivity contribution >= 4 is 0 Å². The van der Waals surface area contributed by atoms with Crippen molar-refractivity contribution in [2.24, 2.45) is 0 Å². The molecule has 0 spiro atoms. The van der Waals surface area contributed by atoms with Gasteiger partial charge in [-0.2, -0.15) is 0 Å². The minimum atomic E-state index is 1.04. The second-order valence-electron chi connectivity index (χ2n) is 10.1. The lowest BCUT2D eigenvalue weighted by Gasteiger charge is -2.21. The molecule has 0 saturated carbocycles. The van der Waals surface area contributed by atoms with Gasteiger partial charge in [0.15, 0.2) is 0 Å². The highest BCUT2D eigenvalue weighted by Crippen LogP contribution is 2.12. The molecule has 32 heavy (non-hydrogen) atoms. The zero-order chi connectivity index (χ0) is 23.5. The van der Waals surface area contributed by atoms with Crippen LogP contribution in [0, 0.1) is 0 Å². The number of hydrogen-bond acceptors (Lipinski definition) is 2. The molecule has 190 valence electrons. The SMILES string of the molecule is C=CCN(CCCCCCCCCCCC/C=C\CCCCCCCC)CCCN(C)C. The van der Waals surface area contributed by atoms with Gasteiger partial charge in [-0.15, -0.1) is 6.58 Å². The van der Waals surface area contributed by atoms with E-state index < -0.39 is 0 Å². The predicted molar refractivity (Wildman–Crippen MR) is 148 cm³/mol. The summed E-state index contributed by atoms with van der Waals surface area (Å²) in [5.74, 6) is 0. The van der Waals surface area contributed by atoms with Crippen LogP contribution in [0.25, 0.3) is 0 Å². The highest BCUT2D eigenvalue weighted by molar-refractivity contribution is 4.81. The second-order valence-corrected chi connectivity index (χ2v) is 10.1. The van der Waals surface area contributed by atoms with Gasteiger partial charge >= 0.3 is 0 Å². The molecule has 0 amide bonds. The fourth-order valence-corrected chi connectivity index (χ4v) is 4.38. The molecule has 0 aliphatic carbocycles. The molecule has 0 N–H and O–H groups in total. The van der Waals surface area contributed by atoms with Crippen molar-refractivity contribution in [3.63, 3.8) is 0 Å². The Morgan fingerprint density at radius 3 is 1.44 bits per heavy atom. The summed E-state index contributed by atoms with van der Waals surface area (Å²) in [7, 11) is 4.32. The van der Waals surface area contributed by atoms with Gasteiger partial charge in [-0.25, -0.2) is 0 Å². The maximum atomic E-state index is 3.92. The molecule has 2 heteroatoms. The Balaban J connectivity index is 3.31. The summed E-state index contributed by atoms with van der Waals surface area (Å²) in [6.45, 7) is 10.9. The highest BCUT2D eigenvalue weighted by atomic mass is 15.1. The highest BCUT2D eigenvalue weighted by Gasteiger charge is 2.03. The largest absolute Gasteiger partial charge is 0.309 e. The van der Waals surface area contributed by atoms with Crippen LogP contribution in [0.2, 0.25) is 0 Å². The molecule has 0 aromatic carbocycles. The lowest BCUT2D eigenvalue weighted by Crippen LogP contribution is -2.28. The Labute approximate surface area is 203 Å². The molecule has 0 aromatic rings. The van der Waals surface area contributed by atoms with Crippen LogP contribution in [0.3, 0.4) is 0 Å². The summed E-state index contributed by atoms with van der Waals surface area (Å²) in [6.07, 6.45) is 33.4. The van der Waals surface area contributed by atoms with Crippen LogP contribution in [0.5, 0.6) is 0 Å². The Hall–Kier alpha value is -0.600. The maximum Gasteiger partial charge on any atom is 0.0160 e. The van der Waals surface area contributed by atoms with Crippen molar-refractivity contribution in [2.45, 2.75) is 129 Å². The van der Waals surface area contributed by atoms with Crippen molar-refractivity contribution in [3.8, 4) is 0 Å². The normalized spacial score (nSPS) is 11.9. The molecule has 0 aromatic heterocycles. The summed E-state index contributed by atoms with van der Waals surface area (Å²) >= 11 is 0. The van der Waals surface area contributed by atoms with Crippen molar-refractivity contribution in [2.75, 3.05) is 40.3 Å². The van der Waals surface area contributed by atoms with Crippen molar-refractivity contribution in [3.05, 3.63) is 24.8 Å². The minimum Gasteiger partial charge on any atom is -0.309 e. The third-order valence-electron chi connectivity index (χ3n) is 6.45. The van der Waals surface area contributed by atoms with Crippen LogP contribution < -0.4 is 0 Å². The van der Waals surface area contributed by atoms with E-state index in [1.165, 1.54) is 142 Å². The summed E-state index contributed by atoms with van der Waals surface area (Å²) in [5, 5.41) is 0. The molecule has 0 aliphatic rings. The average Bonchev–Trinajstić information content (AvgIpc) is 2.77. The number of rotatable bonds is 26. The zero-order valence-electron chi connectivity index (χ0n) is 22.6. The Bertz CT molecular complexity index is 388. The first-order valence-corrected chi connectivity index (χ1v) is 14.3. The molecule has 0 bridgehead atoms. The van der Waals surface area contributed by atoms with Gasteiger partial charge in [-0.1, -0.05) is 109 Å².